The van der Waals surface area contributed by atoms with E-state index in [1.807, 2.05) is 11.0 Å². The molecule has 2 N–H and O–H groups in total. The van der Waals surface area contributed by atoms with Gasteiger partial charge in [-0.2, -0.15) is 0 Å². The summed E-state index contributed by atoms with van der Waals surface area (Å²) in [6.07, 6.45) is 4.73. The lowest BCUT2D eigenvalue weighted by atomic mass is 9.99. The van der Waals surface area contributed by atoms with Gasteiger partial charge >= 0.3 is 0 Å². The number of nitrogens with two attached hydrogens (primary N) is 1. The first kappa shape index (κ1) is 16.1. The van der Waals surface area contributed by atoms with E-state index in [2.05, 4.69) is 24.0 Å². The van der Waals surface area contributed by atoms with E-state index in [-0.39, 0.29) is 12.0 Å². The lowest BCUT2D eigenvalue weighted by Gasteiger charge is -2.16. The van der Waals surface area contributed by atoms with Gasteiger partial charge in [-0.05, 0) is 49.1 Å². The van der Waals surface area contributed by atoms with Gasteiger partial charge in [-0.25, -0.2) is 0 Å². The first-order valence-electron chi connectivity index (χ1n) is 8.91. The van der Waals surface area contributed by atoms with Crippen LogP contribution in [0.15, 0.2) is 30.5 Å². The van der Waals surface area contributed by atoms with Crippen LogP contribution in [0, 0.1) is 6.92 Å². The molecule has 0 unspecified atom stereocenters. The highest BCUT2D eigenvalue weighted by Gasteiger charge is 2.26. The fourth-order valence-corrected chi connectivity index (χ4v) is 3.73. The molecule has 1 aromatic heterocycles. The van der Waals surface area contributed by atoms with Crippen LogP contribution in [0.5, 0.6) is 5.75 Å². The Balaban J connectivity index is 1.72. The highest BCUT2D eigenvalue weighted by atomic mass is 16.5. The largest absolute Gasteiger partial charge is 0.488 e. The lowest BCUT2D eigenvalue weighted by Crippen LogP contribution is -2.27. The number of carbonyl (C=O) groups excluding carboxylic acids is 1. The molecule has 2 aliphatic rings. The number of nitrogens with zero attached hydrogens (tertiary/aromatic N) is 2. The third-order valence-electron chi connectivity index (χ3n) is 4.98. The topological polar surface area (TPSA) is 68.5 Å². The van der Waals surface area contributed by atoms with Crippen molar-refractivity contribution in [2.45, 2.75) is 32.3 Å². The van der Waals surface area contributed by atoms with Crippen LogP contribution in [0.3, 0.4) is 0 Å². The Kier molecular flexibility index (Phi) is 4.17. The normalized spacial score (nSPS) is 19.0. The lowest BCUT2D eigenvalue weighted by molar-refractivity contribution is 0.0792. The van der Waals surface area contributed by atoms with Gasteiger partial charge in [0.05, 0.1) is 5.69 Å². The molecule has 5 nitrogen and oxygen atoms in total. The van der Waals surface area contributed by atoms with E-state index in [4.69, 9.17) is 10.5 Å². The molecule has 0 radical (unpaired) electrons. The maximum atomic E-state index is 12.7. The molecule has 0 aliphatic carbocycles. The summed E-state index contributed by atoms with van der Waals surface area (Å²) >= 11 is 0. The molecule has 4 rings (SSSR count). The van der Waals surface area contributed by atoms with E-state index in [1.165, 1.54) is 5.56 Å². The van der Waals surface area contributed by atoms with E-state index in [0.717, 1.165) is 54.9 Å². The van der Waals surface area contributed by atoms with Gasteiger partial charge in [-0.3, -0.25) is 9.78 Å². The van der Waals surface area contributed by atoms with Gasteiger partial charge in [0.2, 0.25) is 0 Å². The smallest absolute Gasteiger partial charge is 0.253 e. The Labute approximate surface area is 147 Å². The average molecular weight is 337 g/mol. The fraction of sp³-hybridized carbons (Fsp3) is 0.400. The third-order valence-corrected chi connectivity index (χ3v) is 4.98. The number of pyridine rings is 1. The van der Waals surface area contributed by atoms with Crippen molar-refractivity contribution in [1.82, 2.24) is 9.88 Å². The maximum absolute atomic E-state index is 12.7. The molecule has 0 bridgehead atoms. The number of hydrogen-bond acceptors (Lipinski definition) is 4. The van der Waals surface area contributed by atoms with E-state index in [0.29, 0.717) is 12.1 Å². The van der Waals surface area contributed by atoms with Crippen LogP contribution in [0.1, 0.15) is 34.3 Å². The Hall–Kier alpha value is -2.40. The molecule has 1 fully saturated rings. The molecule has 1 saturated heterocycles. The minimum Gasteiger partial charge on any atom is -0.488 e. The number of ether oxygens (including phenoxy) is 1. The van der Waals surface area contributed by atoms with Crippen molar-refractivity contribution in [3.63, 3.8) is 0 Å². The highest BCUT2D eigenvalue weighted by Crippen LogP contribution is 2.39. The van der Waals surface area contributed by atoms with Crippen molar-refractivity contribution < 1.29 is 9.53 Å². The molecule has 0 saturated carbocycles. The summed E-state index contributed by atoms with van der Waals surface area (Å²) in [6, 6.07) is 7.90. The van der Waals surface area contributed by atoms with Gasteiger partial charge in [0.15, 0.2) is 0 Å². The number of benzene rings is 1. The molecule has 1 atom stereocenters. The van der Waals surface area contributed by atoms with E-state index >= 15 is 0 Å². The zero-order valence-corrected chi connectivity index (χ0v) is 14.5. The number of rotatable bonds is 3. The Morgan fingerprint density at radius 3 is 2.88 bits per heavy atom. The minimum atomic E-state index is 0.0185. The second-order valence-electron chi connectivity index (χ2n) is 6.91. The van der Waals surface area contributed by atoms with Crippen molar-refractivity contribution in [1.29, 1.82) is 0 Å². The number of amides is 1. The summed E-state index contributed by atoms with van der Waals surface area (Å²) in [5.74, 6) is 0.950. The second kappa shape index (κ2) is 6.48. The fourth-order valence-electron chi connectivity index (χ4n) is 3.73. The Morgan fingerprint density at radius 2 is 2.12 bits per heavy atom. The molecular weight excluding hydrogens is 314 g/mol. The number of likely N-dealkylation sites (tertiary alicyclic amines) is 1. The first-order chi connectivity index (χ1) is 12.2. The molecule has 5 heteroatoms. The Bertz CT molecular complexity index is 813. The van der Waals surface area contributed by atoms with Gasteiger partial charge in [-0.15, -0.1) is 0 Å². The summed E-state index contributed by atoms with van der Waals surface area (Å²) in [5, 5.41) is 0. The predicted molar refractivity (Wildman–Crippen MR) is 96.7 cm³/mol. The van der Waals surface area contributed by atoms with E-state index in [1.54, 1.807) is 12.3 Å². The van der Waals surface area contributed by atoms with Gasteiger partial charge in [0.25, 0.3) is 5.91 Å². The molecule has 25 heavy (non-hydrogen) atoms. The molecule has 2 aromatic rings. The molecule has 130 valence electrons. The quantitative estimate of drug-likeness (QED) is 0.934. The van der Waals surface area contributed by atoms with E-state index in [9.17, 15) is 4.79 Å². The SMILES string of the molecule is Cc1cc2c(c(-c3cc(C(=O)N4CCCC4)ccn3)c1)O[C@@H](CN)C2. The zero-order valence-electron chi connectivity index (χ0n) is 14.5. The number of hydrogen-bond donors (Lipinski definition) is 1. The second-order valence-corrected chi connectivity index (χ2v) is 6.91. The molecule has 0 spiro atoms. The van der Waals surface area contributed by atoms with Crippen LogP contribution in [0.2, 0.25) is 0 Å². The van der Waals surface area contributed by atoms with Crippen LogP contribution >= 0.6 is 0 Å². The molecular formula is C20H23N3O2. The zero-order chi connectivity index (χ0) is 17.4. The summed E-state index contributed by atoms with van der Waals surface area (Å²) in [6.45, 7) is 4.25. The van der Waals surface area contributed by atoms with Crippen molar-refractivity contribution in [2.24, 2.45) is 5.73 Å². The van der Waals surface area contributed by atoms with Crippen LogP contribution in [-0.4, -0.2) is 41.5 Å². The van der Waals surface area contributed by atoms with Crippen molar-refractivity contribution in [3.05, 3.63) is 47.2 Å². The average Bonchev–Trinajstić information content (AvgIpc) is 3.29. The number of aromatic nitrogens is 1. The van der Waals surface area contributed by atoms with Crippen molar-refractivity contribution >= 4 is 5.91 Å². The number of aryl methyl sites for hydroxylation is 1. The van der Waals surface area contributed by atoms with Crippen molar-refractivity contribution in [2.75, 3.05) is 19.6 Å². The Morgan fingerprint density at radius 1 is 1.32 bits per heavy atom. The summed E-state index contributed by atoms with van der Waals surface area (Å²) in [5.41, 5.74) is 10.5. The number of fused-ring (bicyclic) bond motifs is 1. The molecule has 2 aliphatic heterocycles. The standard InChI is InChI=1S/C20H23N3O2/c1-13-8-15-10-16(12-21)25-19(15)17(9-13)18-11-14(4-5-22-18)20(24)23-6-2-3-7-23/h4-5,8-9,11,16H,2-3,6-7,10,12,21H2,1H3/t16-/m1/s1. The summed E-state index contributed by atoms with van der Waals surface area (Å²) in [7, 11) is 0. The summed E-state index contributed by atoms with van der Waals surface area (Å²) < 4.78 is 6.04. The molecule has 1 aromatic carbocycles. The third kappa shape index (κ3) is 3.00. The van der Waals surface area contributed by atoms with Gasteiger partial charge < -0.3 is 15.4 Å². The van der Waals surface area contributed by atoms with Crippen molar-refractivity contribution in [3.8, 4) is 17.0 Å². The molecule has 1 amide bonds. The maximum Gasteiger partial charge on any atom is 0.253 e. The van der Waals surface area contributed by atoms with Gasteiger partial charge in [-0.1, -0.05) is 6.07 Å². The number of carbonyl (C=O) groups is 1. The van der Waals surface area contributed by atoms with Gasteiger partial charge in [0, 0.05) is 43.4 Å². The van der Waals surface area contributed by atoms with Gasteiger partial charge in [0.1, 0.15) is 11.9 Å². The highest BCUT2D eigenvalue weighted by molar-refractivity contribution is 5.95. The monoisotopic (exact) mass is 337 g/mol. The van der Waals surface area contributed by atoms with Crippen LogP contribution in [0.4, 0.5) is 0 Å². The minimum absolute atomic E-state index is 0.0185. The summed E-state index contributed by atoms with van der Waals surface area (Å²) in [4.78, 5) is 19.1. The van der Waals surface area contributed by atoms with E-state index < -0.39 is 0 Å². The van der Waals surface area contributed by atoms with Crippen LogP contribution in [-0.2, 0) is 6.42 Å². The molecule has 3 heterocycles. The van der Waals surface area contributed by atoms with Crippen LogP contribution in [0.25, 0.3) is 11.3 Å². The van der Waals surface area contributed by atoms with Crippen LogP contribution < -0.4 is 10.5 Å². The first-order valence-corrected chi connectivity index (χ1v) is 8.91. The predicted octanol–water partition coefficient (Wildman–Crippen LogP) is 2.56.